The van der Waals surface area contributed by atoms with Crippen molar-refractivity contribution in [2.45, 2.75) is 19.4 Å². The fourth-order valence-corrected chi connectivity index (χ4v) is 3.93. The van der Waals surface area contributed by atoms with Crippen LogP contribution in [-0.2, 0) is 27.3 Å². The molecule has 188 valence electrons. The lowest BCUT2D eigenvalue weighted by Gasteiger charge is -2.22. The van der Waals surface area contributed by atoms with Crippen molar-refractivity contribution >= 4 is 17.6 Å². The third-order valence-corrected chi connectivity index (χ3v) is 5.89. The molecule has 0 spiro atoms. The van der Waals surface area contributed by atoms with Crippen LogP contribution in [0.1, 0.15) is 17.5 Å². The standard InChI is InChI=1S/C28H26N4O5/c1-37-27(34)16-17-30(19-21-8-4-2-5-9-21)26(33)18-23-20-31(24-10-6-3-7-11-24)29-28(23)22-12-14-25(15-13-22)32(35)36/h2-15,20H,16-19H2,1H3. The van der Waals surface area contributed by atoms with E-state index in [9.17, 15) is 19.7 Å². The summed E-state index contributed by atoms with van der Waals surface area (Å²) in [6.45, 7) is 0.552. The van der Waals surface area contributed by atoms with E-state index >= 15 is 0 Å². The predicted octanol–water partition coefficient (Wildman–Crippen LogP) is 4.58. The van der Waals surface area contributed by atoms with Crippen molar-refractivity contribution in [2.24, 2.45) is 0 Å². The smallest absolute Gasteiger partial charge is 0.307 e. The molecule has 0 N–H and O–H groups in total. The summed E-state index contributed by atoms with van der Waals surface area (Å²) in [5, 5.41) is 15.8. The molecule has 0 fully saturated rings. The minimum absolute atomic E-state index is 0.0271. The van der Waals surface area contributed by atoms with Gasteiger partial charge in [0.1, 0.15) is 0 Å². The van der Waals surface area contributed by atoms with Gasteiger partial charge >= 0.3 is 5.97 Å². The van der Waals surface area contributed by atoms with Gasteiger partial charge in [0.05, 0.1) is 36.3 Å². The van der Waals surface area contributed by atoms with Gasteiger partial charge in [0.2, 0.25) is 5.91 Å². The van der Waals surface area contributed by atoms with Crippen LogP contribution in [0.3, 0.4) is 0 Å². The number of amides is 1. The maximum atomic E-state index is 13.5. The molecule has 1 amide bonds. The summed E-state index contributed by atoms with van der Waals surface area (Å²) in [6.07, 6.45) is 1.91. The molecule has 9 nitrogen and oxygen atoms in total. The van der Waals surface area contributed by atoms with Gasteiger partial charge in [-0.1, -0.05) is 48.5 Å². The van der Waals surface area contributed by atoms with Gasteiger partial charge in [-0.25, -0.2) is 4.68 Å². The van der Waals surface area contributed by atoms with Crippen molar-refractivity contribution in [3.05, 3.63) is 112 Å². The quantitative estimate of drug-likeness (QED) is 0.180. The minimum Gasteiger partial charge on any atom is -0.469 e. The molecule has 0 unspecified atom stereocenters. The average molecular weight is 499 g/mol. The number of methoxy groups -OCH3 is 1. The van der Waals surface area contributed by atoms with Gasteiger partial charge in [-0.3, -0.25) is 19.7 Å². The average Bonchev–Trinajstić information content (AvgIpc) is 3.35. The first kappa shape index (κ1) is 25.3. The minimum atomic E-state index is -0.459. The van der Waals surface area contributed by atoms with Crippen LogP contribution < -0.4 is 0 Å². The van der Waals surface area contributed by atoms with Crippen LogP contribution in [0.2, 0.25) is 0 Å². The Balaban J connectivity index is 1.66. The molecule has 0 radical (unpaired) electrons. The third kappa shape index (κ3) is 6.46. The number of carbonyl (C=O) groups excluding carboxylic acids is 2. The van der Waals surface area contributed by atoms with E-state index in [4.69, 9.17) is 9.84 Å². The Morgan fingerprint density at radius 3 is 2.24 bits per heavy atom. The van der Waals surface area contributed by atoms with E-state index in [0.717, 1.165) is 11.3 Å². The van der Waals surface area contributed by atoms with E-state index in [2.05, 4.69) is 0 Å². The zero-order valence-corrected chi connectivity index (χ0v) is 20.3. The lowest BCUT2D eigenvalue weighted by molar-refractivity contribution is -0.384. The van der Waals surface area contributed by atoms with E-state index in [-0.39, 0.29) is 31.0 Å². The number of esters is 1. The van der Waals surface area contributed by atoms with E-state index in [1.807, 2.05) is 60.7 Å². The Labute approximate surface area is 214 Å². The molecule has 37 heavy (non-hydrogen) atoms. The van der Waals surface area contributed by atoms with Crippen LogP contribution in [0.15, 0.2) is 91.1 Å². The third-order valence-electron chi connectivity index (χ3n) is 5.89. The molecule has 3 aromatic carbocycles. The van der Waals surface area contributed by atoms with Crippen molar-refractivity contribution in [2.75, 3.05) is 13.7 Å². The number of hydrogen-bond acceptors (Lipinski definition) is 6. The molecule has 1 heterocycles. The van der Waals surface area contributed by atoms with Crippen LogP contribution in [0.4, 0.5) is 5.69 Å². The molecular weight excluding hydrogens is 472 g/mol. The number of ether oxygens (including phenoxy) is 1. The molecule has 0 atom stereocenters. The second-order valence-corrected chi connectivity index (χ2v) is 8.39. The second kappa shape index (κ2) is 11.8. The van der Waals surface area contributed by atoms with E-state index in [1.54, 1.807) is 27.9 Å². The predicted molar refractivity (Wildman–Crippen MR) is 138 cm³/mol. The van der Waals surface area contributed by atoms with Crippen LogP contribution in [0.5, 0.6) is 0 Å². The molecule has 9 heteroatoms. The van der Waals surface area contributed by atoms with Gasteiger partial charge in [-0.2, -0.15) is 5.10 Å². The van der Waals surface area contributed by atoms with Gasteiger partial charge < -0.3 is 9.64 Å². The molecule has 4 aromatic rings. The number of para-hydroxylation sites is 1. The van der Waals surface area contributed by atoms with Crippen LogP contribution in [-0.4, -0.2) is 45.1 Å². The Bertz CT molecular complexity index is 1370. The highest BCUT2D eigenvalue weighted by atomic mass is 16.6. The number of hydrogen-bond donors (Lipinski definition) is 0. The van der Waals surface area contributed by atoms with Crippen LogP contribution >= 0.6 is 0 Å². The summed E-state index contributed by atoms with van der Waals surface area (Å²) in [4.78, 5) is 37.6. The molecule has 0 aliphatic heterocycles. The molecule has 0 aliphatic carbocycles. The van der Waals surface area contributed by atoms with Gasteiger partial charge in [-0.05, 0) is 29.8 Å². The van der Waals surface area contributed by atoms with Crippen molar-refractivity contribution in [3.8, 4) is 16.9 Å². The fraction of sp³-hybridized carbons (Fsp3) is 0.179. The number of rotatable bonds is 10. The number of nitro benzene ring substituents is 1. The van der Waals surface area contributed by atoms with Gasteiger partial charge in [0.15, 0.2) is 0 Å². The second-order valence-electron chi connectivity index (χ2n) is 8.39. The molecule has 0 aliphatic rings. The molecule has 4 rings (SSSR count). The van der Waals surface area contributed by atoms with Crippen molar-refractivity contribution in [3.63, 3.8) is 0 Å². The summed E-state index contributed by atoms with van der Waals surface area (Å²) in [5.41, 5.74) is 3.61. The molecule has 0 saturated heterocycles. The van der Waals surface area contributed by atoms with Gasteiger partial charge in [0.25, 0.3) is 5.69 Å². The van der Waals surface area contributed by atoms with Crippen LogP contribution in [0, 0.1) is 10.1 Å². The van der Waals surface area contributed by atoms with Crippen molar-refractivity contribution < 1.29 is 19.2 Å². The highest BCUT2D eigenvalue weighted by Crippen LogP contribution is 2.27. The zero-order chi connectivity index (χ0) is 26.2. The number of nitrogens with zero attached hydrogens (tertiary/aromatic N) is 4. The van der Waals surface area contributed by atoms with E-state index in [0.29, 0.717) is 23.4 Å². The normalized spacial score (nSPS) is 10.6. The number of nitro groups is 1. The summed E-state index contributed by atoms with van der Waals surface area (Å²) in [6, 6.07) is 25.1. The monoisotopic (exact) mass is 498 g/mol. The highest BCUT2D eigenvalue weighted by Gasteiger charge is 2.21. The number of benzene rings is 3. The molecule has 1 aromatic heterocycles. The topological polar surface area (TPSA) is 108 Å². The number of aromatic nitrogens is 2. The number of carbonyl (C=O) groups is 2. The number of non-ortho nitro benzene ring substituents is 1. The van der Waals surface area contributed by atoms with E-state index < -0.39 is 10.9 Å². The molecular formula is C28H26N4O5. The van der Waals surface area contributed by atoms with Crippen LogP contribution in [0.25, 0.3) is 16.9 Å². The maximum Gasteiger partial charge on any atom is 0.307 e. The Morgan fingerprint density at radius 2 is 1.62 bits per heavy atom. The Hall–Kier alpha value is -4.79. The lowest BCUT2D eigenvalue weighted by atomic mass is 10.0. The first-order valence-corrected chi connectivity index (χ1v) is 11.7. The van der Waals surface area contributed by atoms with E-state index in [1.165, 1.54) is 19.2 Å². The fourth-order valence-electron chi connectivity index (χ4n) is 3.93. The van der Waals surface area contributed by atoms with Gasteiger partial charge in [0, 0.05) is 42.5 Å². The SMILES string of the molecule is COC(=O)CCN(Cc1ccccc1)C(=O)Cc1cn(-c2ccccc2)nc1-c1ccc([N+](=O)[O-])cc1. The summed E-state index contributed by atoms with van der Waals surface area (Å²) in [5.74, 6) is -0.571. The first-order chi connectivity index (χ1) is 17.9. The lowest BCUT2D eigenvalue weighted by Crippen LogP contribution is -2.34. The Kier molecular flexibility index (Phi) is 8.05. The van der Waals surface area contributed by atoms with Crippen molar-refractivity contribution in [1.29, 1.82) is 0 Å². The molecule has 0 saturated carbocycles. The Morgan fingerprint density at radius 1 is 0.973 bits per heavy atom. The highest BCUT2D eigenvalue weighted by molar-refractivity contribution is 5.82. The summed E-state index contributed by atoms with van der Waals surface area (Å²) < 4.78 is 6.46. The van der Waals surface area contributed by atoms with Gasteiger partial charge in [-0.15, -0.1) is 0 Å². The first-order valence-electron chi connectivity index (χ1n) is 11.7. The largest absolute Gasteiger partial charge is 0.469 e. The maximum absolute atomic E-state index is 13.5. The van der Waals surface area contributed by atoms with Crippen molar-refractivity contribution in [1.82, 2.24) is 14.7 Å². The zero-order valence-electron chi connectivity index (χ0n) is 20.3. The summed E-state index contributed by atoms with van der Waals surface area (Å²) in [7, 11) is 1.32. The summed E-state index contributed by atoms with van der Waals surface area (Å²) >= 11 is 0. The molecule has 0 bridgehead atoms.